The van der Waals surface area contributed by atoms with Gasteiger partial charge in [0, 0.05) is 48.5 Å². The number of hydrogen-bond acceptors (Lipinski definition) is 4. The van der Waals surface area contributed by atoms with Crippen LogP contribution in [0.1, 0.15) is 51.4 Å². The second-order valence-corrected chi connectivity index (χ2v) is 8.04. The minimum absolute atomic E-state index is 0.116. The van der Waals surface area contributed by atoms with Crippen LogP contribution in [0, 0.1) is 5.82 Å². The zero-order chi connectivity index (χ0) is 23.0. The molecule has 0 aliphatic carbocycles. The zero-order valence-electron chi connectivity index (χ0n) is 18.4. The van der Waals surface area contributed by atoms with Crippen molar-refractivity contribution in [2.24, 2.45) is 0 Å². The van der Waals surface area contributed by atoms with Crippen LogP contribution in [0.4, 0.5) is 4.39 Å². The van der Waals surface area contributed by atoms with Gasteiger partial charge in [0.1, 0.15) is 5.82 Å². The summed E-state index contributed by atoms with van der Waals surface area (Å²) in [5.41, 5.74) is 4.95. The molecule has 2 heterocycles. The van der Waals surface area contributed by atoms with Crippen LogP contribution in [0.3, 0.4) is 0 Å². The number of amides is 1. The largest absolute Gasteiger partial charge is 0.348 e. The molecule has 0 bridgehead atoms. The maximum atomic E-state index is 13.3. The van der Waals surface area contributed by atoms with Gasteiger partial charge in [0.05, 0.1) is 5.69 Å². The minimum Gasteiger partial charge on any atom is -0.348 e. The molecule has 33 heavy (non-hydrogen) atoms. The molecule has 0 saturated heterocycles. The summed E-state index contributed by atoms with van der Waals surface area (Å²) in [5.74, 6) is -0.296. The lowest BCUT2D eigenvalue weighted by Crippen LogP contribution is -2.23. The molecular weight excluding hydrogens is 415 g/mol. The van der Waals surface area contributed by atoms with Crippen molar-refractivity contribution in [1.29, 1.82) is 0 Å². The summed E-state index contributed by atoms with van der Waals surface area (Å²) < 4.78 is 13.3. The molecule has 0 fully saturated rings. The number of hydrogen-bond donors (Lipinski definition) is 1. The van der Waals surface area contributed by atoms with E-state index in [1.54, 1.807) is 36.8 Å². The highest BCUT2D eigenvalue weighted by Gasteiger charge is 2.14. The number of halogens is 1. The Labute approximate surface area is 192 Å². The van der Waals surface area contributed by atoms with E-state index < -0.39 is 0 Å². The van der Waals surface area contributed by atoms with E-state index in [0.717, 1.165) is 28.2 Å². The number of rotatable bonds is 8. The Morgan fingerprint density at radius 2 is 1.73 bits per heavy atom. The monoisotopic (exact) mass is 440 g/mol. The van der Waals surface area contributed by atoms with Crippen LogP contribution in [0.15, 0.2) is 85.3 Å². The third-order valence-corrected chi connectivity index (χ3v) is 5.42. The third-order valence-electron chi connectivity index (χ3n) is 5.42. The fourth-order valence-electron chi connectivity index (χ4n) is 3.69. The van der Waals surface area contributed by atoms with Crippen LogP contribution in [0.25, 0.3) is 0 Å². The average molecular weight is 441 g/mol. The van der Waals surface area contributed by atoms with Crippen LogP contribution in [0.5, 0.6) is 0 Å². The number of carbonyl (C=O) groups is 1. The topological polar surface area (TPSA) is 67.8 Å². The maximum absolute atomic E-state index is 13.3. The fourth-order valence-corrected chi connectivity index (χ4v) is 3.69. The van der Waals surface area contributed by atoms with E-state index in [1.165, 1.54) is 12.1 Å². The minimum atomic E-state index is -0.257. The first-order valence-electron chi connectivity index (χ1n) is 10.9. The molecule has 2 aromatic heterocycles. The summed E-state index contributed by atoms with van der Waals surface area (Å²) in [4.78, 5) is 26.2. The Balaban J connectivity index is 1.57. The van der Waals surface area contributed by atoms with Crippen molar-refractivity contribution in [3.63, 3.8) is 0 Å². The van der Waals surface area contributed by atoms with Crippen LogP contribution >= 0.6 is 0 Å². The number of aromatic nitrogens is 3. The number of nitrogens with one attached hydrogen (secondary N) is 1. The first kappa shape index (κ1) is 22.3. The van der Waals surface area contributed by atoms with Crippen LogP contribution in [-0.4, -0.2) is 20.9 Å². The number of pyridine rings is 1. The van der Waals surface area contributed by atoms with Gasteiger partial charge in [0.25, 0.3) is 5.91 Å². The Morgan fingerprint density at radius 1 is 0.970 bits per heavy atom. The Hall–Kier alpha value is -3.93. The number of benzene rings is 2. The van der Waals surface area contributed by atoms with Gasteiger partial charge in [-0.3, -0.25) is 19.7 Å². The number of carbonyl (C=O) groups excluding carboxylic acids is 1. The predicted molar refractivity (Wildman–Crippen MR) is 125 cm³/mol. The first-order chi connectivity index (χ1) is 16.1. The molecule has 4 aromatic rings. The molecule has 2 aromatic carbocycles. The van der Waals surface area contributed by atoms with Gasteiger partial charge in [-0.05, 0) is 47.7 Å². The zero-order valence-corrected chi connectivity index (χ0v) is 18.4. The molecule has 0 saturated carbocycles. The summed E-state index contributed by atoms with van der Waals surface area (Å²) in [6, 6.07) is 19.9. The summed E-state index contributed by atoms with van der Waals surface area (Å²) >= 11 is 0. The molecule has 0 radical (unpaired) electrons. The maximum Gasteiger partial charge on any atom is 0.251 e. The lowest BCUT2D eigenvalue weighted by Gasteiger charge is -2.14. The Kier molecular flexibility index (Phi) is 7.15. The van der Waals surface area contributed by atoms with Crippen molar-refractivity contribution in [2.45, 2.75) is 32.2 Å². The van der Waals surface area contributed by atoms with Gasteiger partial charge >= 0.3 is 0 Å². The Bertz CT molecular complexity index is 1200. The van der Waals surface area contributed by atoms with Crippen molar-refractivity contribution in [3.8, 4) is 0 Å². The van der Waals surface area contributed by atoms with Crippen molar-refractivity contribution < 1.29 is 9.18 Å². The number of nitrogens with zero attached hydrogens (tertiary/aromatic N) is 3. The average Bonchev–Trinajstić information content (AvgIpc) is 2.84. The van der Waals surface area contributed by atoms with Gasteiger partial charge in [-0.15, -0.1) is 0 Å². The highest BCUT2D eigenvalue weighted by molar-refractivity contribution is 5.94. The molecule has 1 amide bonds. The third kappa shape index (κ3) is 6.29. The summed E-state index contributed by atoms with van der Waals surface area (Å²) in [5, 5.41) is 2.99. The molecule has 5 nitrogen and oxygen atoms in total. The normalized spacial score (nSPS) is 11.7. The van der Waals surface area contributed by atoms with Gasteiger partial charge in [0.15, 0.2) is 0 Å². The molecule has 166 valence electrons. The highest BCUT2D eigenvalue weighted by atomic mass is 19.1. The molecule has 1 N–H and O–H groups in total. The lowest BCUT2D eigenvalue weighted by molar-refractivity contribution is 0.0950. The van der Waals surface area contributed by atoms with E-state index in [1.807, 2.05) is 36.4 Å². The second-order valence-electron chi connectivity index (χ2n) is 8.04. The van der Waals surface area contributed by atoms with Gasteiger partial charge in [-0.2, -0.15) is 0 Å². The SMILES string of the molecule is C[C@H](Cc1cc(C(=O)NCc2ccccc2)cc(Cc2cnccn2)n1)c1ccc(F)cc1. The Morgan fingerprint density at radius 3 is 2.45 bits per heavy atom. The highest BCUT2D eigenvalue weighted by Crippen LogP contribution is 2.21. The predicted octanol–water partition coefficient (Wildman–Crippen LogP) is 4.88. The summed E-state index contributed by atoms with van der Waals surface area (Å²) in [6.45, 7) is 2.52. The molecule has 6 heteroatoms. The van der Waals surface area contributed by atoms with Crippen LogP contribution in [-0.2, 0) is 19.4 Å². The van der Waals surface area contributed by atoms with E-state index >= 15 is 0 Å². The fraction of sp³-hybridized carbons (Fsp3) is 0.185. The van der Waals surface area contributed by atoms with E-state index in [9.17, 15) is 9.18 Å². The van der Waals surface area contributed by atoms with Crippen LogP contribution in [0.2, 0.25) is 0 Å². The quantitative estimate of drug-likeness (QED) is 0.424. The molecule has 0 unspecified atom stereocenters. The molecule has 0 spiro atoms. The van der Waals surface area contributed by atoms with Gasteiger partial charge < -0.3 is 5.32 Å². The van der Waals surface area contributed by atoms with Crippen molar-refractivity contribution in [1.82, 2.24) is 20.3 Å². The van der Waals surface area contributed by atoms with E-state index in [-0.39, 0.29) is 17.6 Å². The molecule has 1 atom stereocenters. The molecule has 4 rings (SSSR count). The molecule has 0 aliphatic heterocycles. The van der Waals surface area contributed by atoms with Crippen molar-refractivity contribution in [2.75, 3.05) is 0 Å². The summed E-state index contributed by atoms with van der Waals surface area (Å²) in [7, 11) is 0. The van der Waals surface area contributed by atoms with Crippen LogP contribution < -0.4 is 5.32 Å². The molecular formula is C27H25FN4O. The smallest absolute Gasteiger partial charge is 0.251 e. The van der Waals surface area contributed by atoms with E-state index in [2.05, 4.69) is 22.2 Å². The van der Waals surface area contributed by atoms with Gasteiger partial charge in [-0.1, -0.05) is 49.4 Å². The van der Waals surface area contributed by atoms with Crippen molar-refractivity contribution in [3.05, 3.63) is 125 Å². The standard InChI is InChI=1S/C27H25FN4O/c1-19(21-7-9-23(28)10-8-21)13-24-14-22(27(33)31-17-20-5-3-2-4-6-20)15-25(32-24)16-26-18-29-11-12-30-26/h2-12,14-15,18-19H,13,16-17H2,1H3,(H,31,33)/t19-/m1/s1. The van der Waals surface area contributed by atoms with Gasteiger partial charge in [-0.25, -0.2) is 4.39 Å². The van der Waals surface area contributed by atoms with E-state index in [4.69, 9.17) is 4.98 Å². The van der Waals surface area contributed by atoms with Crippen molar-refractivity contribution >= 4 is 5.91 Å². The molecule has 0 aliphatic rings. The lowest BCUT2D eigenvalue weighted by atomic mass is 9.95. The van der Waals surface area contributed by atoms with Gasteiger partial charge in [0.2, 0.25) is 0 Å². The first-order valence-corrected chi connectivity index (χ1v) is 10.9. The summed E-state index contributed by atoms with van der Waals surface area (Å²) in [6.07, 6.45) is 6.07. The second kappa shape index (κ2) is 10.6. The van der Waals surface area contributed by atoms with E-state index in [0.29, 0.717) is 24.9 Å².